The fourth-order valence-electron chi connectivity index (χ4n) is 10.0. The third-order valence-corrected chi connectivity index (χ3v) is 13.0. The molecule has 2 aromatic heterocycles. The lowest BCUT2D eigenvalue weighted by atomic mass is 9.73. The summed E-state index contributed by atoms with van der Waals surface area (Å²) in [6, 6.07) is 60.6. The monoisotopic (exact) mass is 772 g/mol. The Bertz CT molecular complexity index is 2940. The Hall–Kier alpha value is -7.44. The van der Waals surface area contributed by atoms with Crippen LogP contribution in [0.1, 0.15) is 49.9 Å². The van der Waals surface area contributed by atoms with Crippen molar-refractivity contribution in [3.05, 3.63) is 192 Å². The SMILES string of the molecule is CC1(C)c2ccccc2N(c2cccc(-c3nc4c5c(nc(-c6cccc(N7c8ccccc8C(C)(C)c8ccccc87)c6)nc5n3)-c3ccccc3-4)c2)c2ccccc21. The van der Waals surface area contributed by atoms with Gasteiger partial charge in [0.1, 0.15) is 0 Å². The molecule has 2 aliphatic heterocycles. The molecule has 3 aliphatic rings. The van der Waals surface area contributed by atoms with Gasteiger partial charge in [0.15, 0.2) is 17.3 Å². The summed E-state index contributed by atoms with van der Waals surface area (Å²) in [7, 11) is 0. The summed E-state index contributed by atoms with van der Waals surface area (Å²) in [6.07, 6.45) is 0. The number of hydrogen-bond donors (Lipinski definition) is 0. The van der Waals surface area contributed by atoms with Gasteiger partial charge in [-0.3, -0.25) is 0 Å². The maximum atomic E-state index is 5.30. The predicted octanol–water partition coefficient (Wildman–Crippen LogP) is 13.6. The number of fused-ring (bicyclic) bond motifs is 7. The number of hydrogen-bond acceptors (Lipinski definition) is 6. The van der Waals surface area contributed by atoms with E-state index in [0.717, 1.165) is 50.4 Å². The molecule has 1 aliphatic carbocycles. The molecule has 0 radical (unpaired) electrons. The zero-order chi connectivity index (χ0) is 40.3. The zero-order valence-electron chi connectivity index (χ0n) is 33.8. The van der Waals surface area contributed by atoms with E-state index < -0.39 is 0 Å². The first kappa shape index (κ1) is 34.6. The fraction of sp³-hybridized carbons (Fsp3) is 0.111. The van der Waals surface area contributed by atoms with E-state index in [4.69, 9.17) is 19.9 Å². The minimum atomic E-state index is -0.144. The van der Waals surface area contributed by atoms with Crippen molar-refractivity contribution in [1.29, 1.82) is 0 Å². The molecule has 12 rings (SSSR count). The molecule has 0 saturated carbocycles. The van der Waals surface area contributed by atoms with Crippen LogP contribution in [0.4, 0.5) is 34.1 Å². The van der Waals surface area contributed by atoms with Crippen LogP contribution in [-0.4, -0.2) is 19.9 Å². The van der Waals surface area contributed by atoms with Gasteiger partial charge in [-0.25, -0.2) is 19.9 Å². The van der Waals surface area contributed by atoms with Crippen LogP contribution in [-0.2, 0) is 10.8 Å². The van der Waals surface area contributed by atoms with Gasteiger partial charge < -0.3 is 9.80 Å². The van der Waals surface area contributed by atoms with E-state index in [-0.39, 0.29) is 10.8 Å². The Morgan fingerprint density at radius 1 is 0.367 bits per heavy atom. The molecular weight excluding hydrogens is 733 g/mol. The van der Waals surface area contributed by atoms with Gasteiger partial charge in [0, 0.05) is 44.5 Å². The molecule has 0 fully saturated rings. The van der Waals surface area contributed by atoms with E-state index in [1.807, 2.05) is 0 Å². The molecule has 6 nitrogen and oxygen atoms in total. The van der Waals surface area contributed by atoms with E-state index in [0.29, 0.717) is 17.3 Å². The van der Waals surface area contributed by atoms with Crippen molar-refractivity contribution in [2.45, 2.75) is 38.5 Å². The molecule has 4 heterocycles. The maximum Gasteiger partial charge on any atom is 0.168 e. The van der Waals surface area contributed by atoms with E-state index in [9.17, 15) is 0 Å². The van der Waals surface area contributed by atoms with E-state index in [1.54, 1.807) is 0 Å². The molecule has 0 amide bonds. The third kappa shape index (κ3) is 4.88. The smallest absolute Gasteiger partial charge is 0.168 e. The fourth-order valence-corrected chi connectivity index (χ4v) is 10.0. The molecule has 6 heteroatoms. The minimum Gasteiger partial charge on any atom is -0.310 e. The van der Waals surface area contributed by atoms with Gasteiger partial charge in [0.25, 0.3) is 0 Å². The van der Waals surface area contributed by atoms with Gasteiger partial charge in [0.05, 0.1) is 39.5 Å². The summed E-state index contributed by atoms with van der Waals surface area (Å²) in [5.41, 5.74) is 18.0. The van der Waals surface area contributed by atoms with Crippen molar-refractivity contribution in [2.24, 2.45) is 0 Å². The summed E-state index contributed by atoms with van der Waals surface area (Å²) in [4.78, 5) is 25.9. The van der Waals surface area contributed by atoms with Crippen LogP contribution >= 0.6 is 0 Å². The minimum absolute atomic E-state index is 0.144. The first-order valence-corrected chi connectivity index (χ1v) is 20.7. The van der Waals surface area contributed by atoms with Crippen molar-refractivity contribution in [1.82, 2.24) is 19.9 Å². The third-order valence-electron chi connectivity index (χ3n) is 13.0. The van der Waals surface area contributed by atoms with Gasteiger partial charge in [-0.05, 0) is 70.8 Å². The topological polar surface area (TPSA) is 58.0 Å². The van der Waals surface area contributed by atoms with Gasteiger partial charge in [0.2, 0.25) is 0 Å². The molecule has 9 aromatic rings. The van der Waals surface area contributed by atoms with Crippen molar-refractivity contribution in [3.8, 4) is 45.3 Å². The highest BCUT2D eigenvalue weighted by atomic mass is 15.2. The molecule has 0 unspecified atom stereocenters. The predicted molar refractivity (Wildman–Crippen MR) is 244 cm³/mol. The Labute approximate surface area is 349 Å². The van der Waals surface area contributed by atoms with Gasteiger partial charge in [-0.2, -0.15) is 0 Å². The number of para-hydroxylation sites is 4. The second kappa shape index (κ2) is 12.5. The number of aromatic nitrogens is 4. The quantitative estimate of drug-likeness (QED) is 0.178. The molecule has 60 heavy (non-hydrogen) atoms. The highest BCUT2D eigenvalue weighted by Crippen LogP contribution is 2.54. The van der Waals surface area contributed by atoms with Crippen LogP contribution in [0.15, 0.2) is 170 Å². The Morgan fingerprint density at radius 3 is 1.10 bits per heavy atom. The van der Waals surface area contributed by atoms with E-state index in [2.05, 4.69) is 207 Å². The van der Waals surface area contributed by atoms with Crippen LogP contribution in [0.3, 0.4) is 0 Å². The molecular formula is C54H40N6. The van der Waals surface area contributed by atoms with Crippen molar-refractivity contribution in [3.63, 3.8) is 0 Å². The normalized spacial score (nSPS) is 14.9. The molecule has 0 atom stereocenters. The maximum absolute atomic E-state index is 5.30. The average Bonchev–Trinajstić information content (AvgIpc) is 3.61. The second-order valence-electron chi connectivity index (χ2n) is 17.1. The number of rotatable bonds is 4. The van der Waals surface area contributed by atoms with Crippen LogP contribution in [0.25, 0.3) is 56.3 Å². The first-order valence-electron chi connectivity index (χ1n) is 20.7. The standard InChI is InChI=1S/C54H40N6/c1-53(2)39-23-7-11-27-43(39)59(44-28-12-8-24-40(44)53)35-19-15-17-33(31-35)50-55-48-37-21-5-6-22-38(37)49-47(48)52(57-50)58-51(56-49)34-18-16-20-36(32-34)60-45-29-13-9-25-41(45)54(3,4)42-26-10-14-30-46(42)60/h5-32H,1-4H3. The van der Waals surface area contributed by atoms with Gasteiger partial charge >= 0.3 is 0 Å². The van der Waals surface area contributed by atoms with Crippen molar-refractivity contribution >= 4 is 45.2 Å². The van der Waals surface area contributed by atoms with Crippen LogP contribution in [0.2, 0.25) is 0 Å². The van der Waals surface area contributed by atoms with E-state index >= 15 is 0 Å². The molecule has 0 bridgehead atoms. The molecule has 286 valence electrons. The van der Waals surface area contributed by atoms with Gasteiger partial charge in [-0.1, -0.05) is 149 Å². The lowest BCUT2D eigenvalue weighted by Crippen LogP contribution is -2.30. The average molecular weight is 773 g/mol. The van der Waals surface area contributed by atoms with Crippen molar-refractivity contribution in [2.75, 3.05) is 9.80 Å². The number of anilines is 6. The Morgan fingerprint density at radius 2 is 0.717 bits per heavy atom. The molecule has 7 aromatic carbocycles. The summed E-state index contributed by atoms with van der Waals surface area (Å²) in [6.45, 7) is 9.26. The summed E-state index contributed by atoms with van der Waals surface area (Å²) < 4.78 is 0. The van der Waals surface area contributed by atoms with Crippen LogP contribution in [0.5, 0.6) is 0 Å². The number of benzene rings is 7. The largest absolute Gasteiger partial charge is 0.310 e. The molecule has 0 saturated heterocycles. The second-order valence-corrected chi connectivity index (χ2v) is 17.1. The number of nitrogens with zero attached hydrogens (tertiary/aromatic N) is 6. The highest BCUT2D eigenvalue weighted by Gasteiger charge is 2.38. The Balaban J connectivity index is 1.01. The Kier molecular flexibility index (Phi) is 7.22. The van der Waals surface area contributed by atoms with E-state index in [1.165, 1.54) is 45.0 Å². The first-order chi connectivity index (χ1) is 29.3. The van der Waals surface area contributed by atoms with Gasteiger partial charge in [-0.15, -0.1) is 0 Å². The summed E-state index contributed by atoms with van der Waals surface area (Å²) in [5, 5.41) is 0.887. The van der Waals surface area contributed by atoms with Crippen molar-refractivity contribution < 1.29 is 0 Å². The summed E-state index contributed by atoms with van der Waals surface area (Å²) >= 11 is 0. The summed E-state index contributed by atoms with van der Waals surface area (Å²) in [5.74, 6) is 1.26. The van der Waals surface area contributed by atoms with Crippen LogP contribution < -0.4 is 9.80 Å². The lowest BCUT2D eigenvalue weighted by molar-refractivity contribution is 0.632. The zero-order valence-corrected chi connectivity index (χ0v) is 33.8. The molecule has 0 spiro atoms. The lowest BCUT2D eigenvalue weighted by Gasteiger charge is -2.42. The molecule has 0 N–H and O–H groups in total. The van der Waals surface area contributed by atoms with Crippen LogP contribution in [0, 0.1) is 0 Å². The highest BCUT2D eigenvalue weighted by molar-refractivity contribution is 6.11.